The number of aromatic nitrogens is 5. The number of likely N-dealkylation sites (tertiary alicyclic amines) is 1. The fourth-order valence-electron chi connectivity index (χ4n) is 4.13. The highest BCUT2D eigenvalue weighted by Crippen LogP contribution is 2.31. The first kappa shape index (κ1) is 24.0. The van der Waals surface area contributed by atoms with Gasteiger partial charge in [-0.2, -0.15) is 10.2 Å². The summed E-state index contributed by atoms with van der Waals surface area (Å²) in [5, 5.41) is 14.0. The lowest BCUT2D eigenvalue weighted by atomic mass is 10.1. The zero-order valence-corrected chi connectivity index (χ0v) is 20.5. The molecule has 13 heteroatoms. The molecule has 0 unspecified atom stereocenters. The highest BCUT2D eigenvalue weighted by molar-refractivity contribution is 7.21. The molecule has 0 saturated carbocycles. The number of nitrogens with one attached hydrogen (secondary N) is 2. The van der Waals surface area contributed by atoms with Crippen molar-refractivity contribution >= 4 is 39.4 Å². The molecule has 5 heterocycles. The van der Waals surface area contributed by atoms with E-state index in [4.69, 9.17) is 0 Å². The van der Waals surface area contributed by atoms with E-state index in [0.717, 1.165) is 10.4 Å². The van der Waals surface area contributed by atoms with Gasteiger partial charge in [0.25, 0.3) is 11.8 Å². The van der Waals surface area contributed by atoms with Gasteiger partial charge in [0.1, 0.15) is 4.83 Å². The minimum atomic E-state index is -2.78. The van der Waals surface area contributed by atoms with E-state index in [1.165, 1.54) is 28.6 Å². The van der Waals surface area contributed by atoms with Crippen LogP contribution >= 0.6 is 11.3 Å². The van der Waals surface area contributed by atoms with Crippen LogP contribution in [-0.2, 0) is 11.8 Å². The molecule has 0 atom stereocenters. The summed E-state index contributed by atoms with van der Waals surface area (Å²) < 4.78 is 30.6. The number of rotatable bonds is 6. The number of hydrogen-bond donors (Lipinski definition) is 2. The van der Waals surface area contributed by atoms with Gasteiger partial charge in [-0.3, -0.25) is 24.2 Å². The highest BCUT2D eigenvalue weighted by atomic mass is 32.1. The summed E-state index contributed by atoms with van der Waals surface area (Å²) >= 11 is 1.42. The Labute approximate surface area is 208 Å². The standard InChI is InChI=1S/C23H24F2N8O2S/c1-14-18(6-16(8-26-14)29-20(34)12-32-5-3-4-23(24,25)13-32)30-21(35)17-9-28-33-11-19(36-22(17)33)15-7-27-31(2)10-15/h6-11H,3-5,12-13H2,1-2H3,(H,29,34)(H,30,35). The van der Waals surface area contributed by atoms with Gasteiger partial charge >= 0.3 is 0 Å². The van der Waals surface area contributed by atoms with Crippen LogP contribution in [-0.4, -0.2) is 66.6 Å². The van der Waals surface area contributed by atoms with E-state index in [1.807, 2.05) is 19.4 Å². The van der Waals surface area contributed by atoms with E-state index in [0.29, 0.717) is 40.4 Å². The molecule has 1 fully saturated rings. The van der Waals surface area contributed by atoms with Gasteiger partial charge in [-0.1, -0.05) is 0 Å². The predicted octanol–water partition coefficient (Wildman–Crippen LogP) is 3.42. The van der Waals surface area contributed by atoms with Crippen molar-refractivity contribution in [2.75, 3.05) is 30.3 Å². The van der Waals surface area contributed by atoms with Crippen LogP contribution in [0.2, 0.25) is 0 Å². The maximum absolute atomic E-state index is 13.6. The third-order valence-electron chi connectivity index (χ3n) is 5.89. The van der Waals surface area contributed by atoms with E-state index in [2.05, 4.69) is 25.8 Å². The van der Waals surface area contributed by atoms with Crippen LogP contribution in [0.3, 0.4) is 0 Å². The Hall–Kier alpha value is -3.71. The van der Waals surface area contributed by atoms with Crippen molar-refractivity contribution in [3.63, 3.8) is 0 Å². The van der Waals surface area contributed by atoms with Crippen molar-refractivity contribution in [1.82, 2.24) is 29.3 Å². The van der Waals surface area contributed by atoms with Crippen LogP contribution in [0.1, 0.15) is 28.9 Å². The number of carbonyl (C=O) groups is 2. The van der Waals surface area contributed by atoms with Crippen molar-refractivity contribution in [2.45, 2.75) is 25.7 Å². The second kappa shape index (κ2) is 9.39. The smallest absolute Gasteiger partial charge is 0.260 e. The lowest BCUT2D eigenvalue weighted by Crippen LogP contribution is -2.45. The maximum Gasteiger partial charge on any atom is 0.260 e. The monoisotopic (exact) mass is 514 g/mol. The molecule has 0 spiro atoms. The number of amides is 2. The van der Waals surface area contributed by atoms with Gasteiger partial charge in [-0.15, -0.1) is 11.3 Å². The summed E-state index contributed by atoms with van der Waals surface area (Å²) in [4.78, 5) is 32.8. The summed E-state index contributed by atoms with van der Waals surface area (Å²) in [5.74, 6) is -3.56. The molecule has 10 nitrogen and oxygen atoms in total. The van der Waals surface area contributed by atoms with Gasteiger partial charge in [0.2, 0.25) is 5.91 Å². The zero-order valence-electron chi connectivity index (χ0n) is 19.7. The number of halogens is 2. The molecule has 0 radical (unpaired) electrons. The molecular formula is C23H24F2N8O2S. The molecule has 36 heavy (non-hydrogen) atoms. The minimum absolute atomic E-state index is 0.142. The minimum Gasteiger partial charge on any atom is -0.324 e. The van der Waals surface area contributed by atoms with Crippen molar-refractivity contribution in [2.24, 2.45) is 7.05 Å². The fourth-order valence-corrected chi connectivity index (χ4v) is 5.16. The van der Waals surface area contributed by atoms with E-state index in [-0.39, 0.29) is 18.9 Å². The molecule has 4 aromatic heterocycles. The normalized spacial score (nSPS) is 15.8. The molecule has 2 N–H and O–H groups in total. The van der Waals surface area contributed by atoms with Crippen molar-refractivity contribution < 1.29 is 18.4 Å². The number of hydrogen-bond acceptors (Lipinski definition) is 7. The number of carbonyl (C=O) groups excluding carboxylic acids is 2. The number of anilines is 2. The van der Waals surface area contributed by atoms with Crippen LogP contribution in [0, 0.1) is 6.92 Å². The largest absolute Gasteiger partial charge is 0.324 e. The van der Waals surface area contributed by atoms with Gasteiger partial charge in [0.15, 0.2) is 0 Å². The molecular weight excluding hydrogens is 490 g/mol. The molecule has 0 bridgehead atoms. The van der Waals surface area contributed by atoms with Crippen LogP contribution in [0.25, 0.3) is 15.3 Å². The molecule has 0 aromatic carbocycles. The average molecular weight is 515 g/mol. The topological polar surface area (TPSA) is 109 Å². The van der Waals surface area contributed by atoms with E-state index < -0.39 is 18.4 Å². The van der Waals surface area contributed by atoms with Crippen LogP contribution in [0.15, 0.2) is 37.1 Å². The summed E-state index contributed by atoms with van der Waals surface area (Å²) in [7, 11) is 1.83. The first-order valence-corrected chi connectivity index (χ1v) is 12.1. The molecule has 0 aliphatic carbocycles. The third-order valence-corrected chi connectivity index (χ3v) is 7.05. The van der Waals surface area contributed by atoms with Gasteiger partial charge in [0.05, 0.1) is 59.2 Å². The number of thiazole rings is 1. The van der Waals surface area contributed by atoms with Gasteiger partial charge < -0.3 is 10.6 Å². The molecule has 1 saturated heterocycles. The molecule has 188 valence electrons. The van der Waals surface area contributed by atoms with Gasteiger partial charge in [0, 0.05) is 31.4 Å². The van der Waals surface area contributed by atoms with Crippen molar-refractivity contribution in [1.29, 1.82) is 0 Å². The molecule has 5 rings (SSSR count). The summed E-state index contributed by atoms with van der Waals surface area (Å²) in [6, 6.07) is 1.60. The first-order chi connectivity index (χ1) is 17.2. The Kier molecular flexibility index (Phi) is 6.26. The fraction of sp³-hybridized carbons (Fsp3) is 0.348. The van der Waals surface area contributed by atoms with Crippen LogP contribution in [0.5, 0.6) is 0 Å². The van der Waals surface area contributed by atoms with Crippen molar-refractivity contribution in [3.8, 4) is 10.4 Å². The van der Waals surface area contributed by atoms with Crippen molar-refractivity contribution in [3.05, 3.63) is 48.3 Å². The third kappa shape index (κ3) is 5.11. The predicted molar refractivity (Wildman–Crippen MR) is 131 cm³/mol. The molecule has 1 aliphatic heterocycles. The number of alkyl halides is 2. The highest BCUT2D eigenvalue weighted by Gasteiger charge is 2.35. The Morgan fingerprint density at radius 2 is 2.00 bits per heavy atom. The summed E-state index contributed by atoms with van der Waals surface area (Å²) in [5.41, 5.74) is 2.67. The van der Waals surface area contributed by atoms with E-state index in [9.17, 15) is 18.4 Å². The quantitative estimate of drug-likeness (QED) is 0.408. The van der Waals surface area contributed by atoms with Gasteiger partial charge in [-0.05, 0) is 26.0 Å². The molecule has 1 aliphatic rings. The SMILES string of the molecule is Cc1ncc(NC(=O)CN2CCCC(F)(F)C2)cc1NC(=O)c1cnn2cc(-c3cnn(C)c3)sc12. The second-order valence-electron chi connectivity index (χ2n) is 8.84. The number of piperidine rings is 1. The van der Waals surface area contributed by atoms with E-state index in [1.54, 1.807) is 28.4 Å². The number of nitrogens with zero attached hydrogens (tertiary/aromatic N) is 6. The number of aryl methyl sites for hydroxylation is 2. The van der Waals surface area contributed by atoms with Gasteiger partial charge in [-0.25, -0.2) is 13.3 Å². The van der Waals surface area contributed by atoms with E-state index >= 15 is 0 Å². The molecule has 2 amide bonds. The second-order valence-corrected chi connectivity index (χ2v) is 9.87. The van der Waals surface area contributed by atoms with Crippen LogP contribution < -0.4 is 10.6 Å². The Morgan fingerprint density at radius 3 is 2.75 bits per heavy atom. The maximum atomic E-state index is 13.6. The summed E-state index contributed by atoms with van der Waals surface area (Å²) in [6.45, 7) is 1.61. The average Bonchev–Trinajstić information content (AvgIpc) is 3.50. The number of fused-ring (bicyclic) bond motifs is 1. The lowest BCUT2D eigenvalue weighted by molar-refractivity contribution is -0.120. The number of pyridine rings is 1. The zero-order chi connectivity index (χ0) is 25.4. The van der Waals surface area contributed by atoms with Crippen LogP contribution in [0.4, 0.5) is 20.2 Å². The Morgan fingerprint density at radius 1 is 1.17 bits per heavy atom. The Bertz CT molecular complexity index is 1440. The summed E-state index contributed by atoms with van der Waals surface area (Å²) in [6.07, 6.45) is 8.62. The molecule has 4 aromatic rings. The Balaban J connectivity index is 1.28. The lowest BCUT2D eigenvalue weighted by Gasteiger charge is -2.31. The first-order valence-electron chi connectivity index (χ1n) is 11.3.